The molecule has 0 saturated carbocycles. The molecule has 0 unspecified atom stereocenters. The van der Waals surface area contributed by atoms with Crippen LogP contribution in [0.4, 0.5) is 4.39 Å². The van der Waals surface area contributed by atoms with Crippen molar-refractivity contribution in [3.05, 3.63) is 34.6 Å². The number of hydrogen-bond acceptors (Lipinski definition) is 2. The molecule has 0 spiro atoms. The van der Waals surface area contributed by atoms with E-state index in [1.165, 1.54) is 18.9 Å². The van der Waals surface area contributed by atoms with E-state index in [-0.39, 0.29) is 5.82 Å². The Morgan fingerprint density at radius 1 is 1.33 bits per heavy atom. The van der Waals surface area contributed by atoms with Crippen LogP contribution in [0.15, 0.2) is 18.2 Å². The fraction of sp³-hybridized carbons (Fsp3) is 0.571. The summed E-state index contributed by atoms with van der Waals surface area (Å²) in [5.74, 6) is 0.582. The molecule has 1 fully saturated rings. The van der Waals surface area contributed by atoms with Crippen molar-refractivity contribution < 1.29 is 4.39 Å². The molecule has 4 heteroatoms. The molecule has 18 heavy (non-hydrogen) atoms. The van der Waals surface area contributed by atoms with Crippen molar-refractivity contribution in [2.75, 3.05) is 19.6 Å². The topological polar surface area (TPSA) is 29.3 Å². The first kappa shape index (κ1) is 13.8. The zero-order chi connectivity index (χ0) is 13.0. The Balaban J connectivity index is 1.89. The largest absolute Gasteiger partial charge is 0.330 e. The van der Waals surface area contributed by atoms with Gasteiger partial charge in [-0.25, -0.2) is 4.39 Å². The van der Waals surface area contributed by atoms with Crippen molar-refractivity contribution in [3.8, 4) is 0 Å². The minimum Gasteiger partial charge on any atom is -0.330 e. The van der Waals surface area contributed by atoms with Gasteiger partial charge in [0.2, 0.25) is 0 Å². The molecule has 0 atom stereocenters. The molecular formula is C14H20ClFN2. The molecule has 1 aliphatic heterocycles. The van der Waals surface area contributed by atoms with Crippen molar-refractivity contribution in [2.24, 2.45) is 11.7 Å². The van der Waals surface area contributed by atoms with Gasteiger partial charge in [-0.15, -0.1) is 0 Å². The zero-order valence-corrected chi connectivity index (χ0v) is 11.3. The molecule has 0 amide bonds. The Kier molecular flexibility index (Phi) is 4.98. The van der Waals surface area contributed by atoms with E-state index in [4.69, 9.17) is 17.3 Å². The lowest BCUT2D eigenvalue weighted by Gasteiger charge is -2.31. The predicted octanol–water partition coefficient (Wildman–Crippen LogP) is 3.04. The third-order valence-corrected chi connectivity index (χ3v) is 3.92. The predicted molar refractivity (Wildman–Crippen MR) is 73.1 cm³/mol. The Bertz CT molecular complexity index is 389. The molecule has 1 aliphatic rings. The lowest BCUT2D eigenvalue weighted by molar-refractivity contribution is 0.172. The molecule has 1 aromatic carbocycles. The minimum absolute atomic E-state index is 0.163. The standard InChI is InChI=1S/C14H20ClFN2/c15-13-1-2-14(16)12(9-13)10-18-7-4-11(3-6-17)5-8-18/h1-2,9,11H,3-8,10,17H2. The van der Waals surface area contributed by atoms with E-state index in [0.717, 1.165) is 32.0 Å². The fourth-order valence-corrected chi connectivity index (χ4v) is 2.77. The van der Waals surface area contributed by atoms with Crippen molar-refractivity contribution in [1.82, 2.24) is 4.90 Å². The van der Waals surface area contributed by atoms with Gasteiger partial charge >= 0.3 is 0 Å². The zero-order valence-electron chi connectivity index (χ0n) is 10.5. The highest BCUT2D eigenvalue weighted by atomic mass is 35.5. The summed E-state index contributed by atoms with van der Waals surface area (Å²) in [5, 5.41) is 0.601. The summed E-state index contributed by atoms with van der Waals surface area (Å²) >= 11 is 5.90. The number of hydrogen-bond donors (Lipinski definition) is 1. The van der Waals surface area contributed by atoms with Crippen molar-refractivity contribution in [2.45, 2.75) is 25.8 Å². The molecule has 0 aromatic heterocycles. The molecule has 0 radical (unpaired) electrons. The summed E-state index contributed by atoms with van der Waals surface area (Å²) in [6.45, 7) is 3.47. The van der Waals surface area contributed by atoms with Crippen LogP contribution < -0.4 is 5.73 Å². The first-order valence-corrected chi connectivity index (χ1v) is 6.93. The maximum absolute atomic E-state index is 13.6. The van der Waals surface area contributed by atoms with Gasteiger partial charge in [-0.3, -0.25) is 4.90 Å². The van der Waals surface area contributed by atoms with Crippen LogP contribution in [0.3, 0.4) is 0 Å². The summed E-state index contributed by atoms with van der Waals surface area (Å²) < 4.78 is 13.6. The van der Waals surface area contributed by atoms with Gasteiger partial charge in [-0.05, 0) is 63.0 Å². The van der Waals surface area contributed by atoms with Crippen LogP contribution in [0.5, 0.6) is 0 Å². The molecule has 2 N–H and O–H groups in total. The van der Waals surface area contributed by atoms with E-state index in [1.807, 2.05) is 0 Å². The average Bonchev–Trinajstić information content (AvgIpc) is 2.37. The Morgan fingerprint density at radius 2 is 2.06 bits per heavy atom. The molecule has 1 heterocycles. The number of piperidine rings is 1. The summed E-state index contributed by atoms with van der Waals surface area (Å²) in [4.78, 5) is 2.29. The number of benzene rings is 1. The molecule has 2 nitrogen and oxygen atoms in total. The highest BCUT2D eigenvalue weighted by Gasteiger charge is 2.19. The SMILES string of the molecule is NCCC1CCN(Cc2cc(Cl)ccc2F)CC1. The van der Waals surface area contributed by atoms with E-state index >= 15 is 0 Å². The van der Waals surface area contributed by atoms with Gasteiger partial charge in [0.1, 0.15) is 5.82 Å². The quantitative estimate of drug-likeness (QED) is 0.911. The second-order valence-corrected chi connectivity index (χ2v) is 5.47. The van der Waals surface area contributed by atoms with Gasteiger partial charge in [0, 0.05) is 17.1 Å². The van der Waals surface area contributed by atoms with E-state index in [9.17, 15) is 4.39 Å². The lowest BCUT2D eigenvalue weighted by Crippen LogP contribution is -2.34. The van der Waals surface area contributed by atoms with E-state index in [0.29, 0.717) is 17.1 Å². The maximum atomic E-state index is 13.6. The van der Waals surface area contributed by atoms with Gasteiger partial charge < -0.3 is 5.73 Å². The van der Waals surface area contributed by atoms with Crippen molar-refractivity contribution in [1.29, 1.82) is 0 Å². The fourth-order valence-electron chi connectivity index (χ4n) is 2.57. The maximum Gasteiger partial charge on any atom is 0.127 e. The molecule has 1 saturated heterocycles. The summed E-state index contributed by atoms with van der Waals surface area (Å²) in [6, 6.07) is 4.76. The molecule has 0 aliphatic carbocycles. The molecule has 0 bridgehead atoms. The smallest absolute Gasteiger partial charge is 0.127 e. The van der Waals surface area contributed by atoms with Gasteiger partial charge in [0.25, 0.3) is 0 Å². The number of likely N-dealkylation sites (tertiary alicyclic amines) is 1. The van der Waals surface area contributed by atoms with Crippen LogP contribution >= 0.6 is 11.6 Å². The van der Waals surface area contributed by atoms with Gasteiger partial charge in [0.05, 0.1) is 0 Å². The molecule has 100 valence electrons. The highest BCUT2D eigenvalue weighted by molar-refractivity contribution is 6.30. The monoisotopic (exact) mass is 270 g/mol. The Hall–Kier alpha value is -0.640. The van der Waals surface area contributed by atoms with Crippen LogP contribution in [0.25, 0.3) is 0 Å². The summed E-state index contributed by atoms with van der Waals surface area (Å²) in [5.41, 5.74) is 6.27. The van der Waals surface area contributed by atoms with Crippen molar-refractivity contribution >= 4 is 11.6 Å². The minimum atomic E-state index is -0.163. The number of halogens is 2. The highest BCUT2D eigenvalue weighted by Crippen LogP contribution is 2.23. The second kappa shape index (κ2) is 6.50. The van der Waals surface area contributed by atoms with Crippen LogP contribution in [0.1, 0.15) is 24.8 Å². The van der Waals surface area contributed by atoms with Crippen LogP contribution in [0, 0.1) is 11.7 Å². The van der Waals surface area contributed by atoms with Crippen LogP contribution in [0.2, 0.25) is 5.02 Å². The lowest BCUT2D eigenvalue weighted by atomic mass is 9.93. The van der Waals surface area contributed by atoms with E-state index in [2.05, 4.69) is 4.90 Å². The molecule has 1 aromatic rings. The first-order valence-electron chi connectivity index (χ1n) is 6.55. The normalized spacial score (nSPS) is 18.2. The van der Waals surface area contributed by atoms with Crippen LogP contribution in [-0.2, 0) is 6.54 Å². The molecule has 2 rings (SSSR count). The second-order valence-electron chi connectivity index (χ2n) is 5.03. The average molecular weight is 271 g/mol. The third kappa shape index (κ3) is 3.67. The van der Waals surface area contributed by atoms with Gasteiger partial charge in [-0.1, -0.05) is 11.6 Å². The number of nitrogens with two attached hydrogens (primary N) is 1. The van der Waals surface area contributed by atoms with Crippen molar-refractivity contribution in [3.63, 3.8) is 0 Å². The van der Waals surface area contributed by atoms with E-state index < -0.39 is 0 Å². The molecular weight excluding hydrogens is 251 g/mol. The number of rotatable bonds is 4. The summed E-state index contributed by atoms with van der Waals surface area (Å²) in [7, 11) is 0. The third-order valence-electron chi connectivity index (χ3n) is 3.68. The van der Waals surface area contributed by atoms with Gasteiger partial charge in [0.15, 0.2) is 0 Å². The van der Waals surface area contributed by atoms with E-state index in [1.54, 1.807) is 12.1 Å². The summed E-state index contributed by atoms with van der Waals surface area (Å²) in [6.07, 6.45) is 3.44. The Morgan fingerprint density at radius 3 is 2.72 bits per heavy atom. The Labute approximate surface area is 113 Å². The number of nitrogens with zero attached hydrogens (tertiary/aromatic N) is 1. The first-order chi connectivity index (χ1) is 8.69. The van der Waals surface area contributed by atoms with Crippen LogP contribution in [-0.4, -0.2) is 24.5 Å². The van der Waals surface area contributed by atoms with Gasteiger partial charge in [-0.2, -0.15) is 0 Å².